The molecule has 0 aliphatic rings. The van der Waals surface area contributed by atoms with E-state index < -0.39 is 8.07 Å². The maximum atomic E-state index is 6.54. The first-order valence-electron chi connectivity index (χ1n) is 8.20. The SMILES string of the molecule is C[Si](C)(C)CCOCn1nc(-c2ccccc2)c2c(Cl)c(Br)cnc21. The minimum absolute atomic E-state index is 0.374. The van der Waals surface area contributed by atoms with Gasteiger partial charge in [0.25, 0.3) is 0 Å². The summed E-state index contributed by atoms with van der Waals surface area (Å²) in [5.74, 6) is 0. The van der Waals surface area contributed by atoms with Crippen molar-refractivity contribution >= 4 is 46.6 Å². The van der Waals surface area contributed by atoms with Crippen LogP contribution in [0.5, 0.6) is 0 Å². The van der Waals surface area contributed by atoms with Gasteiger partial charge in [-0.2, -0.15) is 5.10 Å². The average Bonchev–Trinajstić information content (AvgIpc) is 2.94. The number of ether oxygens (including phenoxy) is 1. The summed E-state index contributed by atoms with van der Waals surface area (Å²) in [5.41, 5.74) is 2.57. The van der Waals surface area contributed by atoms with Crippen molar-refractivity contribution in [2.24, 2.45) is 0 Å². The van der Waals surface area contributed by atoms with Crippen LogP contribution in [-0.2, 0) is 11.5 Å². The molecule has 0 spiro atoms. The highest BCUT2D eigenvalue weighted by Crippen LogP contribution is 2.36. The summed E-state index contributed by atoms with van der Waals surface area (Å²) in [5, 5.41) is 6.20. The lowest BCUT2D eigenvalue weighted by atomic mass is 10.1. The first-order valence-corrected chi connectivity index (χ1v) is 13.1. The molecule has 7 heteroatoms. The molecule has 3 rings (SSSR count). The van der Waals surface area contributed by atoms with Crippen LogP contribution in [0.4, 0.5) is 0 Å². The zero-order valence-corrected chi connectivity index (χ0v) is 17.9. The van der Waals surface area contributed by atoms with Crippen LogP contribution in [0.25, 0.3) is 22.3 Å². The van der Waals surface area contributed by atoms with Gasteiger partial charge in [0.2, 0.25) is 0 Å². The minimum Gasteiger partial charge on any atom is -0.359 e. The maximum absolute atomic E-state index is 6.54. The molecule has 4 nitrogen and oxygen atoms in total. The topological polar surface area (TPSA) is 39.9 Å². The van der Waals surface area contributed by atoms with E-state index in [4.69, 9.17) is 21.4 Å². The van der Waals surface area contributed by atoms with E-state index in [0.29, 0.717) is 11.8 Å². The maximum Gasteiger partial charge on any atom is 0.162 e. The summed E-state index contributed by atoms with van der Waals surface area (Å²) in [4.78, 5) is 4.51. The van der Waals surface area contributed by atoms with Crippen molar-refractivity contribution < 1.29 is 4.74 Å². The van der Waals surface area contributed by atoms with Gasteiger partial charge in [0.15, 0.2) is 5.65 Å². The molecular weight excluding hydrogens is 418 g/mol. The monoisotopic (exact) mass is 437 g/mol. The smallest absolute Gasteiger partial charge is 0.162 e. The minimum atomic E-state index is -1.11. The predicted octanol–water partition coefficient (Wildman–Crippen LogP) is 5.83. The third kappa shape index (κ3) is 4.31. The lowest BCUT2D eigenvalue weighted by Gasteiger charge is -2.15. The fourth-order valence-electron chi connectivity index (χ4n) is 2.50. The number of aromatic nitrogens is 3. The number of fused-ring (bicyclic) bond motifs is 1. The van der Waals surface area contributed by atoms with Gasteiger partial charge in [-0.1, -0.05) is 61.6 Å². The molecule has 132 valence electrons. The van der Waals surface area contributed by atoms with Crippen LogP contribution in [0.1, 0.15) is 0 Å². The normalized spacial score (nSPS) is 12.0. The van der Waals surface area contributed by atoms with Gasteiger partial charge in [0.05, 0.1) is 14.9 Å². The van der Waals surface area contributed by atoms with Crippen molar-refractivity contribution in [2.75, 3.05) is 6.61 Å². The van der Waals surface area contributed by atoms with Crippen molar-refractivity contribution in [1.29, 1.82) is 0 Å². The number of rotatable bonds is 6. The Kier molecular flexibility index (Phi) is 5.63. The van der Waals surface area contributed by atoms with E-state index in [2.05, 4.69) is 40.6 Å². The molecule has 1 aromatic carbocycles. The predicted molar refractivity (Wildman–Crippen MR) is 110 cm³/mol. The Morgan fingerprint density at radius 3 is 2.60 bits per heavy atom. The van der Waals surface area contributed by atoms with Crippen LogP contribution in [0.3, 0.4) is 0 Å². The molecule has 3 aromatic rings. The molecule has 0 N–H and O–H groups in total. The second-order valence-electron chi connectivity index (χ2n) is 7.18. The lowest BCUT2D eigenvalue weighted by Crippen LogP contribution is -2.22. The van der Waals surface area contributed by atoms with Gasteiger partial charge in [0.1, 0.15) is 12.4 Å². The number of nitrogens with zero attached hydrogens (tertiary/aromatic N) is 3. The van der Waals surface area contributed by atoms with Crippen molar-refractivity contribution in [3.05, 3.63) is 46.0 Å². The van der Waals surface area contributed by atoms with Crippen LogP contribution in [0.2, 0.25) is 30.7 Å². The van der Waals surface area contributed by atoms with Gasteiger partial charge in [-0.15, -0.1) is 0 Å². The Morgan fingerprint density at radius 2 is 1.92 bits per heavy atom. The van der Waals surface area contributed by atoms with Gasteiger partial charge >= 0.3 is 0 Å². The summed E-state index contributed by atoms with van der Waals surface area (Å²) >= 11 is 10.00. The van der Waals surface area contributed by atoms with Crippen molar-refractivity contribution in [3.8, 4) is 11.3 Å². The molecule has 0 aliphatic carbocycles. The second-order valence-corrected chi connectivity index (χ2v) is 14.0. The summed E-state index contributed by atoms with van der Waals surface area (Å²) < 4.78 is 8.42. The zero-order chi connectivity index (χ0) is 18.0. The summed E-state index contributed by atoms with van der Waals surface area (Å²) in [6.07, 6.45) is 1.71. The van der Waals surface area contributed by atoms with Crippen molar-refractivity contribution in [3.63, 3.8) is 0 Å². The average molecular weight is 439 g/mol. The standard InChI is InChI=1S/C18H21BrClN3OSi/c1-25(2,3)10-9-24-12-23-18-15(16(20)14(19)11-21-18)17(22-23)13-7-5-4-6-8-13/h4-8,11H,9-10,12H2,1-3H3. The fraction of sp³-hybridized carbons (Fsp3) is 0.333. The molecule has 0 saturated carbocycles. The third-order valence-corrected chi connectivity index (χ3v) is 6.84. The molecule has 0 unspecified atom stereocenters. The number of hydrogen-bond acceptors (Lipinski definition) is 3. The van der Waals surface area contributed by atoms with E-state index in [0.717, 1.165) is 39.4 Å². The van der Waals surface area contributed by atoms with Crippen LogP contribution in [0, 0.1) is 0 Å². The highest BCUT2D eigenvalue weighted by molar-refractivity contribution is 9.10. The van der Waals surface area contributed by atoms with Gasteiger partial charge in [-0.3, -0.25) is 0 Å². The number of halogens is 2. The molecule has 25 heavy (non-hydrogen) atoms. The number of pyridine rings is 1. The van der Waals surface area contributed by atoms with Gasteiger partial charge in [0, 0.05) is 26.4 Å². The van der Waals surface area contributed by atoms with E-state index in [1.54, 1.807) is 10.9 Å². The highest BCUT2D eigenvalue weighted by Gasteiger charge is 2.19. The quantitative estimate of drug-likeness (QED) is 0.359. The zero-order valence-electron chi connectivity index (χ0n) is 14.6. The molecule has 0 radical (unpaired) electrons. The first kappa shape index (κ1) is 18.6. The van der Waals surface area contributed by atoms with E-state index in [-0.39, 0.29) is 0 Å². The molecule has 0 amide bonds. The third-order valence-electron chi connectivity index (χ3n) is 3.91. The molecule has 2 aromatic heterocycles. The van der Waals surface area contributed by atoms with E-state index in [1.165, 1.54) is 0 Å². The molecule has 2 heterocycles. The van der Waals surface area contributed by atoms with E-state index >= 15 is 0 Å². The summed E-state index contributed by atoms with van der Waals surface area (Å²) in [6, 6.07) is 11.1. The molecule has 0 bridgehead atoms. The molecule has 0 saturated heterocycles. The molecular formula is C18H21BrClN3OSi. The van der Waals surface area contributed by atoms with E-state index in [9.17, 15) is 0 Å². The highest BCUT2D eigenvalue weighted by atomic mass is 79.9. The molecule has 0 atom stereocenters. The van der Waals surface area contributed by atoms with Gasteiger partial charge in [-0.05, 0) is 22.0 Å². The van der Waals surface area contributed by atoms with Gasteiger partial charge < -0.3 is 4.74 Å². The van der Waals surface area contributed by atoms with Crippen LogP contribution < -0.4 is 0 Å². The number of hydrogen-bond donors (Lipinski definition) is 0. The summed E-state index contributed by atoms with van der Waals surface area (Å²) in [6.45, 7) is 8.13. The number of benzene rings is 1. The first-order chi connectivity index (χ1) is 11.9. The Balaban J connectivity index is 1.96. The lowest BCUT2D eigenvalue weighted by molar-refractivity contribution is 0.0814. The Labute approximate surface area is 162 Å². The van der Waals surface area contributed by atoms with Crippen LogP contribution in [0.15, 0.2) is 41.0 Å². The molecule has 0 fully saturated rings. The fourth-order valence-corrected chi connectivity index (χ4v) is 3.78. The van der Waals surface area contributed by atoms with Crippen LogP contribution >= 0.6 is 27.5 Å². The second kappa shape index (κ2) is 7.58. The van der Waals surface area contributed by atoms with Crippen molar-refractivity contribution in [2.45, 2.75) is 32.4 Å². The van der Waals surface area contributed by atoms with Crippen LogP contribution in [-0.4, -0.2) is 29.4 Å². The Morgan fingerprint density at radius 1 is 1.20 bits per heavy atom. The molecule has 0 aliphatic heterocycles. The van der Waals surface area contributed by atoms with Gasteiger partial charge in [-0.25, -0.2) is 9.67 Å². The Bertz CT molecular complexity index is 877. The van der Waals surface area contributed by atoms with Crippen molar-refractivity contribution in [1.82, 2.24) is 14.8 Å². The summed E-state index contributed by atoms with van der Waals surface area (Å²) in [7, 11) is -1.11. The Hall–Kier alpha value is -1.21. The van der Waals surface area contributed by atoms with E-state index in [1.807, 2.05) is 30.3 Å². The largest absolute Gasteiger partial charge is 0.359 e.